The fourth-order valence-electron chi connectivity index (χ4n) is 5.94. The first-order valence-corrected chi connectivity index (χ1v) is 15.6. The Balaban J connectivity index is 1.13. The van der Waals surface area contributed by atoms with Gasteiger partial charge in [-0.05, 0) is 60.7 Å². The molecular formula is C31H39N11O4. The van der Waals surface area contributed by atoms with Crippen molar-refractivity contribution in [1.29, 1.82) is 5.26 Å². The summed E-state index contributed by atoms with van der Waals surface area (Å²) in [5.41, 5.74) is 2.72. The Kier molecular flexibility index (Phi) is 10.3. The normalized spacial score (nSPS) is 19.3. The number of ether oxygens (including phenoxy) is 4. The van der Waals surface area contributed by atoms with Crippen molar-refractivity contribution in [2.24, 2.45) is 0 Å². The molecule has 0 radical (unpaired) electrons. The number of hydrogen-bond donors (Lipinski definition) is 1. The highest BCUT2D eigenvalue weighted by atomic mass is 16.5. The van der Waals surface area contributed by atoms with Crippen LogP contribution in [0.1, 0.15) is 44.2 Å². The highest BCUT2D eigenvalue weighted by Crippen LogP contribution is 2.35. The Bertz CT molecular complexity index is 1570. The van der Waals surface area contributed by atoms with Crippen molar-refractivity contribution in [1.82, 2.24) is 44.9 Å². The molecule has 4 aromatic rings. The summed E-state index contributed by atoms with van der Waals surface area (Å²) < 4.78 is 26.4. The van der Waals surface area contributed by atoms with E-state index >= 15 is 0 Å². The van der Waals surface area contributed by atoms with Gasteiger partial charge in [0.1, 0.15) is 36.5 Å². The number of hydrogen-bond acceptors (Lipinski definition) is 13. The molecule has 1 aromatic carbocycles. The molecule has 0 amide bonds. The number of aromatic nitrogens is 8. The zero-order chi connectivity index (χ0) is 31.7. The van der Waals surface area contributed by atoms with E-state index in [2.05, 4.69) is 41.8 Å². The summed E-state index contributed by atoms with van der Waals surface area (Å²) in [6.45, 7) is 6.85. The smallest absolute Gasteiger partial charge is 0.257 e. The van der Waals surface area contributed by atoms with E-state index in [-0.39, 0.29) is 6.10 Å². The molecule has 3 aromatic heterocycles. The first kappa shape index (κ1) is 31.3. The Morgan fingerprint density at radius 1 is 1.07 bits per heavy atom. The van der Waals surface area contributed by atoms with Crippen molar-refractivity contribution in [2.75, 3.05) is 51.9 Å². The Labute approximate surface area is 267 Å². The van der Waals surface area contributed by atoms with Crippen molar-refractivity contribution < 1.29 is 18.9 Å². The number of methoxy groups -OCH3 is 1. The molecule has 1 saturated carbocycles. The van der Waals surface area contributed by atoms with E-state index in [0.29, 0.717) is 60.7 Å². The summed E-state index contributed by atoms with van der Waals surface area (Å²) in [4.78, 5) is 11.7. The third kappa shape index (κ3) is 7.76. The van der Waals surface area contributed by atoms with Gasteiger partial charge >= 0.3 is 0 Å². The molecule has 2 aliphatic rings. The third-order valence-electron chi connectivity index (χ3n) is 8.32. The molecule has 0 unspecified atom stereocenters. The zero-order valence-corrected chi connectivity index (χ0v) is 26.2. The van der Waals surface area contributed by atoms with Crippen molar-refractivity contribution in [3.63, 3.8) is 0 Å². The van der Waals surface area contributed by atoms with Gasteiger partial charge in [-0.3, -0.25) is 9.58 Å². The molecule has 6 rings (SSSR count). The van der Waals surface area contributed by atoms with Gasteiger partial charge in [0.05, 0.1) is 44.2 Å². The first-order valence-electron chi connectivity index (χ1n) is 15.6. The minimum absolute atomic E-state index is 0.269. The lowest BCUT2D eigenvalue weighted by Gasteiger charge is -2.38. The lowest BCUT2D eigenvalue weighted by atomic mass is 9.90. The summed E-state index contributed by atoms with van der Waals surface area (Å²) in [6.07, 6.45) is 11.1. The van der Waals surface area contributed by atoms with Crippen LogP contribution < -0.4 is 14.8 Å². The number of tetrazole rings is 1. The van der Waals surface area contributed by atoms with Crippen LogP contribution in [0.5, 0.6) is 11.6 Å². The molecule has 1 saturated heterocycles. The van der Waals surface area contributed by atoms with Crippen LogP contribution in [0, 0.1) is 11.3 Å². The number of anilines is 2. The van der Waals surface area contributed by atoms with E-state index in [1.54, 1.807) is 30.3 Å². The SMILES string of the molecule is COCCOc1nn(C2CCC(N3CCOCC3)CC2)cc1Nc1ncc(-c2ccc(C#N)c(O[C@@H](C)Cn3cnnn3)c2)cn1. The van der Waals surface area contributed by atoms with Crippen LogP contribution in [0.15, 0.2) is 43.1 Å². The van der Waals surface area contributed by atoms with Crippen LogP contribution in [0.25, 0.3) is 11.1 Å². The van der Waals surface area contributed by atoms with Gasteiger partial charge in [0.25, 0.3) is 5.88 Å². The van der Waals surface area contributed by atoms with Gasteiger partial charge in [-0.2, -0.15) is 5.26 Å². The average Bonchev–Trinajstić information content (AvgIpc) is 3.75. The maximum absolute atomic E-state index is 9.64. The lowest BCUT2D eigenvalue weighted by Crippen LogP contribution is -2.45. The van der Waals surface area contributed by atoms with Crippen molar-refractivity contribution in [2.45, 2.75) is 57.3 Å². The predicted octanol–water partition coefficient (Wildman–Crippen LogP) is 3.25. The number of morpholine rings is 1. The van der Waals surface area contributed by atoms with Gasteiger partial charge in [-0.1, -0.05) is 6.07 Å². The topological polar surface area (TPSA) is 163 Å². The minimum Gasteiger partial charge on any atom is -0.487 e. The van der Waals surface area contributed by atoms with Gasteiger partial charge < -0.3 is 24.3 Å². The standard InChI is InChI=1S/C31H39N11O4/c1-22(19-41-21-35-38-39-41)46-29-15-23(3-4-24(29)16-32)25-17-33-31(34-18-25)36-28-20-42(37-30(28)45-14-13-43-2)27-7-5-26(6-8-27)40-9-11-44-12-10-40/h3-4,15,17-18,20-22,26-27H,5-14,19H2,1-2H3,(H,33,34,36)/t22-,26?,27?/m0/s1. The predicted molar refractivity (Wildman–Crippen MR) is 167 cm³/mol. The Morgan fingerprint density at radius 2 is 1.85 bits per heavy atom. The zero-order valence-electron chi connectivity index (χ0n) is 26.2. The van der Waals surface area contributed by atoms with Crippen LogP contribution in [0.4, 0.5) is 11.6 Å². The van der Waals surface area contributed by atoms with E-state index in [1.165, 1.54) is 6.33 Å². The highest BCUT2D eigenvalue weighted by Gasteiger charge is 2.29. The molecule has 0 spiro atoms. The second kappa shape index (κ2) is 15.1. The maximum atomic E-state index is 9.64. The molecule has 1 aliphatic carbocycles. The van der Waals surface area contributed by atoms with Gasteiger partial charge in [-0.25, -0.2) is 14.6 Å². The monoisotopic (exact) mass is 629 g/mol. The molecule has 1 aliphatic heterocycles. The summed E-state index contributed by atoms with van der Waals surface area (Å²) >= 11 is 0. The second-order valence-corrected chi connectivity index (χ2v) is 11.5. The number of nitriles is 1. The van der Waals surface area contributed by atoms with Crippen molar-refractivity contribution >= 4 is 11.6 Å². The number of nitrogens with one attached hydrogen (secondary N) is 1. The van der Waals surface area contributed by atoms with Crippen LogP contribution in [-0.4, -0.2) is 104 Å². The molecule has 0 bridgehead atoms. The number of benzene rings is 1. The largest absolute Gasteiger partial charge is 0.487 e. The molecule has 242 valence electrons. The van der Waals surface area contributed by atoms with Crippen molar-refractivity contribution in [3.8, 4) is 28.8 Å². The van der Waals surface area contributed by atoms with Gasteiger partial charge in [0, 0.05) is 44.2 Å². The van der Waals surface area contributed by atoms with Gasteiger partial charge in [0.2, 0.25) is 5.95 Å². The quantitative estimate of drug-likeness (QED) is 0.215. The molecule has 15 nitrogen and oxygen atoms in total. The Morgan fingerprint density at radius 3 is 2.57 bits per heavy atom. The maximum Gasteiger partial charge on any atom is 0.257 e. The highest BCUT2D eigenvalue weighted by molar-refractivity contribution is 5.67. The van der Waals surface area contributed by atoms with Crippen LogP contribution in [-0.2, 0) is 16.0 Å². The van der Waals surface area contributed by atoms with Gasteiger partial charge in [-0.15, -0.1) is 10.2 Å². The fourth-order valence-corrected chi connectivity index (χ4v) is 5.94. The second-order valence-electron chi connectivity index (χ2n) is 11.5. The number of nitrogens with zero attached hydrogens (tertiary/aromatic N) is 10. The lowest BCUT2D eigenvalue weighted by molar-refractivity contribution is 0.00502. The minimum atomic E-state index is -0.269. The summed E-state index contributed by atoms with van der Waals surface area (Å²) in [5.74, 6) is 1.37. The fraction of sp³-hybridized carbons (Fsp3) is 0.516. The van der Waals surface area contributed by atoms with E-state index in [0.717, 1.165) is 63.1 Å². The molecule has 1 N–H and O–H groups in total. The molecule has 4 heterocycles. The molecule has 15 heteroatoms. The molecule has 1 atom stereocenters. The molecule has 2 fully saturated rings. The Hall–Kier alpha value is -4.65. The summed E-state index contributed by atoms with van der Waals surface area (Å²) in [7, 11) is 1.64. The number of rotatable bonds is 13. The summed E-state index contributed by atoms with van der Waals surface area (Å²) in [5, 5.41) is 28.9. The van der Waals surface area contributed by atoms with E-state index in [1.807, 2.05) is 29.9 Å². The molecule has 46 heavy (non-hydrogen) atoms. The van der Waals surface area contributed by atoms with E-state index in [4.69, 9.17) is 24.0 Å². The summed E-state index contributed by atoms with van der Waals surface area (Å²) in [6, 6.07) is 8.50. The van der Waals surface area contributed by atoms with Crippen LogP contribution in [0.3, 0.4) is 0 Å². The third-order valence-corrected chi connectivity index (χ3v) is 8.32. The first-order chi connectivity index (χ1) is 22.6. The average molecular weight is 630 g/mol. The van der Waals surface area contributed by atoms with Crippen molar-refractivity contribution in [3.05, 3.63) is 48.7 Å². The van der Waals surface area contributed by atoms with E-state index in [9.17, 15) is 5.26 Å². The van der Waals surface area contributed by atoms with Gasteiger partial charge in [0.15, 0.2) is 0 Å². The van der Waals surface area contributed by atoms with E-state index < -0.39 is 0 Å². The molecular weight excluding hydrogens is 590 g/mol. The van der Waals surface area contributed by atoms with Crippen LogP contribution >= 0.6 is 0 Å². The van der Waals surface area contributed by atoms with Crippen LogP contribution in [0.2, 0.25) is 0 Å².